The van der Waals surface area contributed by atoms with E-state index in [0.29, 0.717) is 29.2 Å². The van der Waals surface area contributed by atoms with Crippen LogP contribution >= 0.6 is 11.3 Å². The number of likely N-dealkylation sites (tertiary alicyclic amines) is 1. The smallest absolute Gasteiger partial charge is 0.320 e. The van der Waals surface area contributed by atoms with Crippen LogP contribution in [0.1, 0.15) is 43.5 Å². The fourth-order valence-corrected chi connectivity index (χ4v) is 5.28. The molecule has 4 rings (SSSR count). The summed E-state index contributed by atoms with van der Waals surface area (Å²) in [6, 6.07) is 1.41. The van der Waals surface area contributed by atoms with Crippen molar-refractivity contribution in [1.29, 1.82) is 0 Å². The number of aromatic nitrogens is 2. The molecule has 0 amide bonds. The highest BCUT2D eigenvalue weighted by molar-refractivity contribution is 7.15. The summed E-state index contributed by atoms with van der Waals surface area (Å²) in [4.78, 5) is 31.4. The Morgan fingerprint density at radius 3 is 3.00 bits per heavy atom. The number of hydrogen-bond donors (Lipinski definition) is 1. The van der Waals surface area contributed by atoms with Gasteiger partial charge in [-0.05, 0) is 32.1 Å². The van der Waals surface area contributed by atoms with Gasteiger partial charge in [-0.1, -0.05) is 12.8 Å². The molecule has 2 aromatic rings. The molecule has 1 N–H and O–H groups in total. The number of carboxylic acids is 1. The van der Waals surface area contributed by atoms with E-state index in [1.165, 1.54) is 17.8 Å². The molecule has 0 bridgehead atoms. The molecule has 7 heteroatoms. The lowest BCUT2D eigenvalue weighted by Gasteiger charge is -2.32. The van der Waals surface area contributed by atoms with Crippen molar-refractivity contribution in [3.05, 3.63) is 33.2 Å². The quantitative estimate of drug-likeness (QED) is 0.922. The molecule has 3 unspecified atom stereocenters. The van der Waals surface area contributed by atoms with Crippen LogP contribution < -0.4 is 5.56 Å². The molecule has 1 aliphatic heterocycles. The van der Waals surface area contributed by atoms with E-state index in [2.05, 4.69) is 9.88 Å². The zero-order valence-corrected chi connectivity index (χ0v) is 14.5. The van der Waals surface area contributed by atoms with Crippen LogP contribution in [0.5, 0.6) is 0 Å². The minimum atomic E-state index is -0.755. The normalized spacial score (nSPS) is 27.5. The molecule has 2 aromatic heterocycles. The molecule has 1 aliphatic carbocycles. The van der Waals surface area contributed by atoms with Gasteiger partial charge in [0.05, 0.1) is 5.69 Å². The van der Waals surface area contributed by atoms with Crippen molar-refractivity contribution in [2.75, 3.05) is 0 Å². The molecule has 2 aliphatic rings. The van der Waals surface area contributed by atoms with Gasteiger partial charge in [-0.2, -0.15) is 0 Å². The number of rotatable bonds is 3. The van der Waals surface area contributed by atoms with Gasteiger partial charge in [0, 0.05) is 29.7 Å². The zero-order valence-electron chi connectivity index (χ0n) is 13.6. The van der Waals surface area contributed by atoms with Crippen molar-refractivity contribution in [3.63, 3.8) is 0 Å². The van der Waals surface area contributed by atoms with Gasteiger partial charge in [0.15, 0.2) is 4.96 Å². The SMILES string of the molecule is Cc1csc2nc(CN3C(C(=O)O)CC4CCCCC43)cc(=O)n12. The average Bonchev–Trinajstić information content (AvgIpc) is 3.09. The van der Waals surface area contributed by atoms with Gasteiger partial charge in [-0.15, -0.1) is 11.3 Å². The van der Waals surface area contributed by atoms with E-state index in [1.54, 1.807) is 10.5 Å². The van der Waals surface area contributed by atoms with E-state index in [-0.39, 0.29) is 5.56 Å². The Morgan fingerprint density at radius 2 is 2.21 bits per heavy atom. The van der Waals surface area contributed by atoms with Gasteiger partial charge in [-0.3, -0.25) is 18.9 Å². The molecule has 3 atom stereocenters. The van der Waals surface area contributed by atoms with Gasteiger partial charge >= 0.3 is 5.97 Å². The maximum atomic E-state index is 12.3. The van der Waals surface area contributed by atoms with Crippen LogP contribution in [0.15, 0.2) is 16.2 Å². The number of carbonyl (C=O) groups is 1. The standard InChI is InChI=1S/C17H21N3O3S/c1-10-9-24-17-18-12(7-15(21)20(10)17)8-19-13-5-3-2-4-11(13)6-14(19)16(22)23/h7,9,11,13-14H,2-6,8H2,1H3,(H,22,23). The Kier molecular flexibility index (Phi) is 3.92. The van der Waals surface area contributed by atoms with E-state index in [1.807, 2.05) is 12.3 Å². The molecule has 0 spiro atoms. The first-order chi connectivity index (χ1) is 11.5. The Hall–Kier alpha value is -1.73. The second-order valence-electron chi connectivity index (χ2n) is 6.95. The van der Waals surface area contributed by atoms with E-state index in [0.717, 1.165) is 31.4 Å². The minimum absolute atomic E-state index is 0.0833. The Balaban J connectivity index is 1.67. The van der Waals surface area contributed by atoms with Gasteiger partial charge < -0.3 is 5.11 Å². The van der Waals surface area contributed by atoms with E-state index in [9.17, 15) is 14.7 Å². The third-order valence-corrected chi connectivity index (χ3v) is 6.42. The number of hydrogen-bond acceptors (Lipinski definition) is 5. The number of aryl methyl sites for hydroxylation is 1. The number of nitrogens with zero attached hydrogens (tertiary/aromatic N) is 3. The summed E-state index contributed by atoms with van der Waals surface area (Å²) in [5, 5.41) is 11.5. The number of carboxylic acid groups (broad SMARTS) is 1. The van der Waals surface area contributed by atoms with Crippen LogP contribution in [-0.4, -0.2) is 37.4 Å². The average molecular weight is 347 g/mol. The third kappa shape index (κ3) is 2.56. The van der Waals surface area contributed by atoms with Crippen LogP contribution in [0.3, 0.4) is 0 Å². The molecular weight excluding hydrogens is 326 g/mol. The van der Waals surface area contributed by atoms with Crippen LogP contribution in [0.25, 0.3) is 4.96 Å². The molecule has 0 radical (unpaired) electrons. The zero-order chi connectivity index (χ0) is 16.8. The van der Waals surface area contributed by atoms with Crippen molar-refractivity contribution in [3.8, 4) is 0 Å². The maximum Gasteiger partial charge on any atom is 0.320 e. The van der Waals surface area contributed by atoms with Crippen molar-refractivity contribution < 1.29 is 9.90 Å². The van der Waals surface area contributed by atoms with Gasteiger partial charge in [0.25, 0.3) is 5.56 Å². The molecule has 2 fully saturated rings. The summed E-state index contributed by atoms with van der Waals surface area (Å²) in [5.74, 6) is -0.289. The van der Waals surface area contributed by atoms with E-state index < -0.39 is 12.0 Å². The van der Waals surface area contributed by atoms with Gasteiger partial charge in [-0.25, -0.2) is 4.98 Å². The summed E-state index contributed by atoms with van der Waals surface area (Å²) in [6.07, 6.45) is 5.24. The largest absolute Gasteiger partial charge is 0.480 e. The summed E-state index contributed by atoms with van der Waals surface area (Å²) in [7, 11) is 0. The van der Waals surface area contributed by atoms with Crippen LogP contribution in [0, 0.1) is 12.8 Å². The lowest BCUT2D eigenvalue weighted by atomic mass is 9.85. The lowest BCUT2D eigenvalue weighted by Crippen LogP contribution is -2.42. The fraction of sp³-hybridized carbons (Fsp3) is 0.588. The highest BCUT2D eigenvalue weighted by atomic mass is 32.1. The first-order valence-electron chi connectivity index (χ1n) is 8.50. The topological polar surface area (TPSA) is 74.9 Å². The van der Waals surface area contributed by atoms with Crippen LogP contribution in [0.2, 0.25) is 0 Å². The van der Waals surface area contributed by atoms with E-state index in [4.69, 9.17) is 0 Å². The Morgan fingerprint density at radius 1 is 1.42 bits per heavy atom. The predicted molar refractivity (Wildman–Crippen MR) is 91.4 cm³/mol. The molecule has 0 aromatic carbocycles. The van der Waals surface area contributed by atoms with Crippen LogP contribution in [-0.2, 0) is 11.3 Å². The van der Waals surface area contributed by atoms with Crippen molar-refractivity contribution in [2.45, 2.75) is 57.7 Å². The monoisotopic (exact) mass is 347 g/mol. The minimum Gasteiger partial charge on any atom is -0.480 e. The summed E-state index contributed by atoms with van der Waals surface area (Å²) in [6.45, 7) is 2.33. The molecule has 6 nitrogen and oxygen atoms in total. The Bertz CT molecular complexity index is 843. The fourth-order valence-electron chi connectivity index (χ4n) is 4.39. The third-order valence-electron chi connectivity index (χ3n) is 5.48. The maximum absolute atomic E-state index is 12.3. The van der Waals surface area contributed by atoms with Gasteiger partial charge in [0.2, 0.25) is 0 Å². The Labute approximate surface area is 143 Å². The molecule has 3 heterocycles. The van der Waals surface area contributed by atoms with Crippen molar-refractivity contribution in [2.24, 2.45) is 5.92 Å². The van der Waals surface area contributed by atoms with Crippen LogP contribution in [0.4, 0.5) is 0 Å². The van der Waals surface area contributed by atoms with Gasteiger partial charge in [0.1, 0.15) is 6.04 Å². The summed E-state index contributed by atoms with van der Waals surface area (Å²) >= 11 is 1.45. The number of thiazole rings is 1. The molecule has 1 saturated heterocycles. The molecular formula is C17H21N3O3S. The first kappa shape index (κ1) is 15.8. The second kappa shape index (κ2) is 5.97. The number of aliphatic carboxylic acids is 1. The second-order valence-corrected chi connectivity index (χ2v) is 7.79. The summed E-state index contributed by atoms with van der Waals surface area (Å²) < 4.78 is 1.61. The summed E-state index contributed by atoms with van der Waals surface area (Å²) in [5.41, 5.74) is 1.48. The lowest BCUT2D eigenvalue weighted by molar-refractivity contribution is -0.142. The molecule has 128 valence electrons. The highest BCUT2D eigenvalue weighted by Gasteiger charge is 2.45. The van der Waals surface area contributed by atoms with E-state index >= 15 is 0 Å². The van der Waals surface area contributed by atoms with Crippen molar-refractivity contribution in [1.82, 2.24) is 14.3 Å². The molecule has 1 saturated carbocycles. The highest BCUT2D eigenvalue weighted by Crippen LogP contribution is 2.40. The predicted octanol–water partition coefficient (Wildman–Crippen LogP) is 2.28. The number of fused-ring (bicyclic) bond motifs is 2. The molecule has 24 heavy (non-hydrogen) atoms. The first-order valence-corrected chi connectivity index (χ1v) is 9.38. The van der Waals surface area contributed by atoms with Crippen molar-refractivity contribution >= 4 is 22.3 Å².